The third-order valence-corrected chi connectivity index (χ3v) is 2.94. The van der Waals surface area contributed by atoms with Crippen molar-refractivity contribution in [2.45, 2.75) is 25.8 Å². The predicted molar refractivity (Wildman–Crippen MR) is 62.9 cm³/mol. The Kier molecular flexibility index (Phi) is 3.56. The Labute approximate surface area is 91.5 Å². The molecule has 1 aliphatic rings. The van der Waals surface area contributed by atoms with Gasteiger partial charge in [-0.1, -0.05) is 12.5 Å². The second-order valence-electron chi connectivity index (χ2n) is 4.14. The maximum Gasteiger partial charge on any atom is 0.125 e. The van der Waals surface area contributed by atoms with Crippen molar-refractivity contribution in [2.24, 2.45) is 0 Å². The Balaban J connectivity index is 1.91. The molecule has 3 nitrogen and oxygen atoms in total. The van der Waals surface area contributed by atoms with Gasteiger partial charge in [0.05, 0.1) is 0 Å². The third-order valence-electron chi connectivity index (χ3n) is 2.94. The maximum absolute atomic E-state index is 4.32. The zero-order valence-corrected chi connectivity index (χ0v) is 9.37. The minimum absolute atomic E-state index is 0.942. The number of hydrogen-bond donors (Lipinski definition) is 1. The fourth-order valence-electron chi connectivity index (χ4n) is 2.04. The number of aromatic nitrogens is 1. The number of likely N-dealkylation sites (tertiary alicyclic amines) is 1. The SMILES string of the molecule is CNc1ccc(CN2CCCCC2)cn1. The lowest BCUT2D eigenvalue weighted by Gasteiger charge is -2.26. The summed E-state index contributed by atoms with van der Waals surface area (Å²) in [6.07, 6.45) is 6.07. The molecule has 15 heavy (non-hydrogen) atoms. The highest BCUT2D eigenvalue weighted by Crippen LogP contribution is 2.13. The van der Waals surface area contributed by atoms with Gasteiger partial charge in [0.1, 0.15) is 5.82 Å². The van der Waals surface area contributed by atoms with Gasteiger partial charge in [-0.05, 0) is 37.6 Å². The monoisotopic (exact) mass is 205 g/mol. The van der Waals surface area contributed by atoms with Crippen molar-refractivity contribution >= 4 is 5.82 Å². The molecule has 0 bridgehead atoms. The molecule has 0 aliphatic carbocycles. The lowest BCUT2D eigenvalue weighted by molar-refractivity contribution is 0.220. The first-order chi connectivity index (χ1) is 7.38. The molecular formula is C12H19N3. The van der Waals surface area contributed by atoms with Crippen molar-refractivity contribution in [3.63, 3.8) is 0 Å². The predicted octanol–water partition coefficient (Wildman–Crippen LogP) is 2.11. The van der Waals surface area contributed by atoms with Crippen molar-refractivity contribution in [1.29, 1.82) is 0 Å². The van der Waals surface area contributed by atoms with Crippen LogP contribution in [0.4, 0.5) is 5.82 Å². The average molecular weight is 205 g/mol. The van der Waals surface area contributed by atoms with E-state index in [1.165, 1.54) is 37.9 Å². The van der Waals surface area contributed by atoms with Crippen LogP contribution in [0.1, 0.15) is 24.8 Å². The molecule has 0 amide bonds. The topological polar surface area (TPSA) is 28.2 Å². The van der Waals surface area contributed by atoms with Crippen LogP contribution in [0.5, 0.6) is 0 Å². The molecule has 3 heteroatoms. The van der Waals surface area contributed by atoms with Crippen LogP contribution in [0, 0.1) is 0 Å². The number of piperidine rings is 1. The van der Waals surface area contributed by atoms with Crippen LogP contribution >= 0.6 is 0 Å². The van der Waals surface area contributed by atoms with Gasteiger partial charge in [0.15, 0.2) is 0 Å². The summed E-state index contributed by atoms with van der Waals surface area (Å²) in [6.45, 7) is 3.54. The van der Waals surface area contributed by atoms with Crippen LogP contribution in [-0.4, -0.2) is 30.0 Å². The first-order valence-electron chi connectivity index (χ1n) is 5.73. The van der Waals surface area contributed by atoms with Crippen molar-refractivity contribution < 1.29 is 0 Å². The molecule has 1 aromatic rings. The van der Waals surface area contributed by atoms with Gasteiger partial charge in [0.2, 0.25) is 0 Å². The summed E-state index contributed by atoms with van der Waals surface area (Å²) in [7, 11) is 1.90. The summed E-state index contributed by atoms with van der Waals surface area (Å²) in [5.74, 6) is 0.942. The van der Waals surface area contributed by atoms with Crippen LogP contribution in [0.15, 0.2) is 18.3 Å². The molecule has 2 rings (SSSR count). The van der Waals surface area contributed by atoms with Gasteiger partial charge >= 0.3 is 0 Å². The zero-order chi connectivity index (χ0) is 10.5. The highest BCUT2D eigenvalue weighted by molar-refractivity contribution is 5.34. The van der Waals surface area contributed by atoms with Crippen molar-refractivity contribution in [3.05, 3.63) is 23.9 Å². The highest BCUT2D eigenvalue weighted by atomic mass is 15.1. The van der Waals surface area contributed by atoms with Crippen molar-refractivity contribution in [1.82, 2.24) is 9.88 Å². The van der Waals surface area contributed by atoms with Crippen LogP contribution in [-0.2, 0) is 6.54 Å². The van der Waals surface area contributed by atoms with E-state index >= 15 is 0 Å². The molecule has 1 saturated heterocycles. The molecule has 1 N–H and O–H groups in total. The van der Waals surface area contributed by atoms with Gasteiger partial charge in [-0.25, -0.2) is 4.98 Å². The first kappa shape index (κ1) is 10.4. The summed E-state index contributed by atoms with van der Waals surface area (Å²) >= 11 is 0. The first-order valence-corrected chi connectivity index (χ1v) is 5.73. The standard InChI is InChI=1S/C12H19N3/c1-13-12-6-5-11(9-14-12)10-15-7-3-2-4-8-15/h5-6,9H,2-4,7-8,10H2,1H3,(H,13,14). The van der Waals surface area contributed by atoms with Crippen LogP contribution in [0.3, 0.4) is 0 Å². The number of hydrogen-bond acceptors (Lipinski definition) is 3. The van der Waals surface area contributed by atoms with E-state index in [2.05, 4.69) is 21.3 Å². The number of rotatable bonds is 3. The quantitative estimate of drug-likeness (QED) is 0.819. The highest BCUT2D eigenvalue weighted by Gasteiger charge is 2.10. The molecular weight excluding hydrogens is 186 g/mol. The summed E-state index contributed by atoms with van der Waals surface area (Å²) in [4.78, 5) is 6.84. The Morgan fingerprint density at radius 2 is 2.07 bits per heavy atom. The summed E-state index contributed by atoms with van der Waals surface area (Å²) in [5, 5.41) is 3.03. The normalized spacial score (nSPS) is 17.7. The van der Waals surface area contributed by atoms with Gasteiger partial charge in [-0.3, -0.25) is 4.90 Å². The van der Waals surface area contributed by atoms with Crippen molar-refractivity contribution in [3.8, 4) is 0 Å². The molecule has 0 spiro atoms. The summed E-state index contributed by atoms with van der Waals surface area (Å²) in [6, 6.07) is 4.20. The van der Waals surface area contributed by atoms with Crippen molar-refractivity contribution in [2.75, 3.05) is 25.5 Å². The van der Waals surface area contributed by atoms with E-state index in [1.807, 2.05) is 19.3 Å². The second-order valence-corrected chi connectivity index (χ2v) is 4.14. The third kappa shape index (κ3) is 2.93. The van der Waals surface area contributed by atoms with Crippen LogP contribution in [0.2, 0.25) is 0 Å². The van der Waals surface area contributed by atoms with Gasteiger partial charge in [0.25, 0.3) is 0 Å². The number of nitrogens with one attached hydrogen (secondary N) is 1. The molecule has 2 heterocycles. The molecule has 1 fully saturated rings. The van der Waals surface area contributed by atoms with E-state index in [-0.39, 0.29) is 0 Å². The van der Waals surface area contributed by atoms with Gasteiger partial charge in [0, 0.05) is 19.8 Å². The molecule has 0 unspecified atom stereocenters. The smallest absolute Gasteiger partial charge is 0.125 e. The number of nitrogens with zero attached hydrogens (tertiary/aromatic N) is 2. The van der Waals surface area contributed by atoms with E-state index in [0.717, 1.165) is 12.4 Å². The molecule has 1 aliphatic heterocycles. The molecule has 0 saturated carbocycles. The largest absolute Gasteiger partial charge is 0.373 e. The fraction of sp³-hybridized carbons (Fsp3) is 0.583. The summed E-state index contributed by atoms with van der Waals surface area (Å²) < 4.78 is 0. The van der Waals surface area contributed by atoms with E-state index in [1.54, 1.807) is 0 Å². The van der Waals surface area contributed by atoms with Gasteiger partial charge in [-0.15, -0.1) is 0 Å². The fourth-order valence-corrected chi connectivity index (χ4v) is 2.04. The molecule has 0 atom stereocenters. The molecule has 82 valence electrons. The van der Waals surface area contributed by atoms with E-state index in [0.29, 0.717) is 0 Å². The van der Waals surface area contributed by atoms with E-state index in [4.69, 9.17) is 0 Å². The van der Waals surface area contributed by atoms with E-state index < -0.39 is 0 Å². The molecule has 1 aromatic heterocycles. The Morgan fingerprint density at radius 3 is 2.67 bits per heavy atom. The summed E-state index contributed by atoms with van der Waals surface area (Å²) in [5.41, 5.74) is 1.32. The minimum atomic E-state index is 0.942. The zero-order valence-electron chi connectivity index (χ0n) is 9.37. The van der Waals surface area contributed by atoms with Gasteiger partial charge in [-0.2, -0.15) is 0 Å². The van der Waals surface area contributed by atoms with Gasteiger partial charge < -0.3 is 5.32 Å². The molecule has 0 aromatic carbocycles. The Bertz CT molecular complexity index is 288. The minimum Gasteiger partial charge on any atom is -0.373 e. The van der Waals surface area contributed by atoms with Crippen LogP contribution < -0.4 is 5.32 Å². The number of pyridine rings is 1. The van der Waals surface area contributed by atoms with Crippen LogP contribution in [0.25, 0.3) is 0 Å². The lowest BCUT2D eigenvalue weighted by Crippen LogP contribution is -2.29. The molecule has 0 radical (unpaired) electrons. The lowest BCUT2D eigenvalue weighted by atomic mass is 10.1. The Hall–Kier alpha value is -1.09. The average Bonchev–Trinajstić information content (AvgIpc) is 2.31. The van der Waals surface area contributed by atoms with E-state index in [9.17, 15) is 0 Å². The Morgan fingerprint density at radius 1 is 1.27 bits per heavy atom. The number of anilines is 1. The second kappa shape index (κ2) is 5.12. The maximum atomic E-state index is 4.32.